The molecule has 0 heterocycles. The zero-order chi connectivity index (χ0) is 15.5. The maximum absolute atomic E-state index is 12.8. The standard InChI is InChI=1S/C15H18F3NO2/c1-21-9-13(19-14(20)10-4-2-5-10)11-6-3-7-12(8-11)15(16,17)18/h3,6-8,10,13H,2,4-5,9H2,1H3,(H,19,20)/t13-/m1/s1. The molecule has 0 bridgehead atoms. The van der Waals surface area contributed by atoms with Crippen LogP contribution in [0.3, 0.4) is 0 Å². The van der Waals surface area contributed by atoms with Crippen molar-refractivity contribution >= 4 is 5.91 Å². The molecule has 1 aromatic carbocycles. The number of hydrogen-bond acceptors (Lipinski definition) is 2. The van der Waals surface area contributed by atoms with Gasteiger partial charge in [-0.2, -0.15) is 13.2 Å². The van der Waals surface area contributed by atoms with Gasteiger partial charge in [0.2, 0.25) is 5.91 Å². The smallest absolute Gasteiger partial charge is 0.382 e. The van der Waals surface area contributed by atoms with Crippen LogP contribution in [0.5, 0.6) is 0 Å². The second-order valence-corrected chi connectivity index (χ2v) is 5.27. The van der Waals surface area contributed by atoms with Crippen molar-refractivity contribution in [3.63, 3.8) is 0 Å². The molecule has 0 aliphatic heterocycles. The lowest BCUT2D eigenvalue weighted by atomic mass is 9.84. The molecule has 21 heavy (non-hydrogen) atoms. The molecule has 1 amide bonds. The number of ether oxygens (including phenoxy) is 1. The highest BCUT2D eigenvalue weighted by Gasteiger charge is 2.32. The van der Waals surface area contributed by atoms with Crippen LogP contribution in [-0.4, -0.2) is 19.6 Å². The molecule has 1 fully saturated rings. The predicted octanol–water partition coefficient (Wildman–Crippen LogP) is 3.31. The van der Waals surface area contributed by atoms with Gasteiger partial charge in [-0.3, -0.25) is 4.79 Å². The summed E-state index contributed by atoms with van der Waals surface area (Å²) in [6, 6.07) is 4.42. The van der Waals surface area contributed by atoms with E-state index in [1.54, 1.807) is 6.07 Å². The molecule has 1 aliphatic rings. The molecule has 116 valence electrons. The van der Waals surface area contributed by atoms with Crippen LogP contribution in [-0.2, 0) is 15.7 Å². The van der Waals surface area contributed by atoms with E-state index in [-0.39, 0.29) is 18.4 Å². The third-order valence-corrected chi connectivity index (χ3v) is 3.74. The van der Waals surface area contributed by atoms with Crippen LogP contribution >= 0.6 is 0 Å². The van der Waals surface area contributed by atoms with Crippen molar-refractivity contribution in [3.05, 3.63) is 35.4 Å². The fourth-order valence-electron chi connectivity index (χ4n) is 2.28. The van der Waals surface area contributed by atoms with Crippen LogP contribution in [0, 0.1) is 5.92 Å². The van der Waals surface area contributed by atoms with E-state index >= 15 is 0 Å². The zero-order valence-corrected chi connectivity index (χ0v) is 11.7. The van der Waals surface area contributed by atoms with E-state index in [1.165, 1.54) is 13.2 Å². The number of carbonyl (C=O) groups is 1. The normalized spacial score (nSPS) is 17.1. The molecule has 1 saturated carbocycles. The minimum Gasteiger partial charge on any atom is -0.382 e. The van der Waals surface area contributed by atoms with Crippen molar-refractivity contribution in [2.75, 3.05) is 13.7 Å². The Bertz CT molecular complexity index is 498. The van der Waals surface area contributed by atoms with Crippen molar-refractivity contribution in [2.45, 2.75) is 31.5 Å². The average Bonchev–Trinajstić information content (AvgIpc) is 2.35. The molecule has 3 nitrogen and oxygen atoms in total. The van der Waals surface area contributed by atoms with Gasteiger partial charge in [0.05, 0.1) is 18.2 Å². The largest absolute Gasteiger partial charge is 0.416 e. The number of hydrogen-bond donors (Lipinski definition) is 1. The topological polar surface area (TPSA) is 38.3 Å². The number of carbonyl (C=O) groups excluding carboxylic acids is 1. The molecule has 6 heteroatoms. The Morgan fingerprint density at radius 2 is 2.14 bits per heavy atom. The molecule has 0 saturated heterocycles. The summed E-state index contributed by atoms with van der Waals surface area (Å²) in [4.78, 5) is 12.0. The number of rotatable bonds is 5. The lowest BCUT2D eigenvalue weighted by Gasteiger charge is -2.27. The van der Waals surface area contributed by atoms with E-state index < -0.39 is 17.8 Å². The van der Waals surface area contributed by atoms with Crippen molar-refractivity contribution in [3.8, 4) is 0 Å². The number of benzene rings is 1. The summed E-state index contributed by atoms with van der Waals surface area (Å²) in [6.45, 7) is 0.139. The highest BCUT2D eigenvalue weighted by molar-refractivity contribution is 5.79. The monoisotopic (exact) mass is 301 g/mol. The molecule has 0 radical (unpaired) electrons. The van der Waals surface area contributed by atoms with Gasteiger partial charge in [0.25, 0.3) is 0 Å². The highest BCUT2D eigenvalue weighted by atomic mass is 19.4. The van der Waals surface area contributed by atoms with E-state index in [1.807, 2.05) is 0 Å². The summed E-state index contributed by atoms with van der Waals surface area (Å²) in [5, 5.41) is 2.78. The van der Waals surface area contributed by atoms with E-state index in [0.717, 1.165) is 31.4 Å². The molecule has 0 unspecified atom stereocenters. The van der Waals surface area contributed by atoms with Gasteiger partial charge in [0.1, 0.15) is 0 Å². The lowest BCUT2D eigenvalue weighted by Crippen LogP contribution is -2.38. The first-order chi connectivity index (χ1) is 9.91. The Kier molecular flexibility index (Phi) is 4.88. The number of halogens is 3. The molecular formula is C15H18F3NO2. The molecule has 1 N–H and O–H groups in total. The highest BCUT2D eigenvalue weighted by Crippen LogP contribution is 2.31. The first kappa shape index (κ1) is 15.8. The summed E-state index contributed by atoms with van der Waals surface area (Å²) in [5.41, 5.74) is -0.321. The van der Waals surface area contributed by atoms with Crippen molar-refractivity contribution < 1.29 is 22.7 Å². The van der Waals surface area contributed by atoms with Gasteiger partial charge in [-0.15, -0.1) is 0 Å². The molecule has 2 rings (SSSR count). The number of methoxy groups -OCH3 is 1. The molecule has 0 aromatic heterocycles. The summed E-state index contributed by atoms with van der Waals surface area (Å²) in [6.07, 6.45) is -1.69. The van der Waals surface area contributed by atoms with Gasteiger partial charge in [-0.05, 0) is 30.5 Å². The zero-order valence-electron chi connectivity index (χ0n) is 11.7. The van der Waals surface area contributed by atoms with E-state index in [2.05, 4.69) is 5.32 Å². The van der Waals surface area contributed by atoms with Crippen molar-refractivity contribution in [2.24, 2.45) is 5.92 Å². The third kappa shape index (κ3) is 3.97. The first-order valence-corrected chi connectivity index (χ1v) is 6.88. The Morgan fingerprint density at radius 1 is 1.43 bits per heavy atom. The van der Waals surface area contributed by atoms with Gasteiger partial charge in [0.15, 0.2) is 0 Å². The Hall–Kier alpha value is -1.56. The van der Waals surface area contributed by atoms with Gasteiger partial charge in [-0.1, -0.05) is 18.6 Å². The fraction of sp³-hybridized carbons (Fsp3) is 0.533. The van der Waals surface area contributed by atoms with Crippen LogP contribution in [0.4, 0.5) is 13.2 Å². The summed E-state index contributed by atoms with van der Waals surface area (Å²) in [5.74, 6) is -0.129. The van der Waals surface area contributed by atoms with Crippen LogP contribution in [0.2, 0.25) is 0 Å². The molecule has 1 aliphatic carbocycles. The minimum absolute atomic E-state index is 0.0184. The summed E-state index contributed by atoms with van der Waals surface area (Å²) < 4.78 is 43.3. The van der Waals surface area contributed by atoms with Gasteiger partial charge in [0, 0.05) is 13.0 Å². The van der Waals surface area contributed by atoms with Gasteiger partial charge in [-0.25, -0.2) is 0 Å². The maximum atomic E-state index is 12.8. The Balaban J connectivity index is 2.15. The summed E-state index contributed by atoms with van der Waals surface area (Å²) in [7, 11) is 1.45. The van der Waals surface area contributed by atoms with Crippen molar-refractivity contribution in [1.82, 2.24) is 5.32 Å². The first-order valence-electron chi connectivity index (χ1n) is 6.88. The maximum Gasteiger partial charge on any atom is 0.416 e. The number of amides is 1. The molecule has 0 spiro atoms. The van der Waals surface area contributed by atoms with Crippen LogP contribution in [0.1, 0.15) is 36.4 Å². The second-order valence-electron chi connectivity index (χ2n) is 5.27. The second kappa shape index (κ2) is 6.47. The number of nitrogens with one attached hydrogen (secondary N) is 1. The van der Waals surface area contributed by atoms with Crippen molar-refractivity contribution in [1.29, 1.82) is 0 Å². The SMILES string of the molecule is COC[C@@H](NC(=O)C1CCC1)c1cccc(C(F)(F)F)c1. The lowest BCUT2D eigenvalue weighted by molar-refractivity contribution is -0.137. The fourth-order valence-corrected chi connectivity index (χ4v) is 2.28. The van der Waals surface area contributed by atoms with E-state index in [4.69, 9.17) is 4.74 Å². The van der Waals surface area contributed by atoms with Gasteiger partial charge >= 0.3 is 6.18 Å². The molecule has 1 atom stereocenters. The van der Waals surface area contributed by atoms with E-state index in [9.17, 15) is 18.0 Å². The van der Waals surface area contributed by atoms with Crippen LogP contribution < -0.4 is 5.32 Å². The number of alkyl halides is 3. The Morgan fingerprint density at radius 3 is 2.67 bits per heavy atom. The Labute approximate surface area is 121 Å². The van der Waals surface area contributed by atoms with Crippen LogP contribution in [0.25, 0.3) is 0 Å². The minimum atomic E-state index is -4.40. The van der Waals surface area contributed by atoms with Gasteiger partial charge < -0.3 is 10.1 Å². The quantitative estimate of drug-likeness (QED) is 0.906. The molecular weight excluding hydrogens is 283 g/mol. The predicted molar refractivity (Wildman–Crippen MR) is 71.5 cm³/mol. The third-order valence-electron chi connectivity index (χ3n) is 3.74. The molecule has 1 aromatic rings. The summed E-state index contributed by atoms with van der Waals surface area (Å²) >= 11 is 0. The van der Waals surface area contributed by atoms with E-state index in [0.29, 0.717) is 5.56 Å². The van der Waals surface area contributed by atoms with Crippen LogP contribution in [0.15, 0.2) is 24.3 Å². The average molecular weight is 301 g/mol.